The highest BCUT2D eigenvalue weighted by Crippen LogP contribution is 2.39. The first kappa shape index (κ1) is 16.3. The lowest BCUT2D eigenvalue weighted by molar-refractivity contribution is 0.121. The van der Waals surface area contributed by atoms with Crippen molar-refractivity contribution in [2.24, 2.45) is 11.7 Å². The average molecular weight is 360 g/mol. The van der Waals surface area contributed by atoms with Gasteiger partial charge < -0.3 is 5.73 Å². The van der Waals surface area contributed by atoms with Gasteiger partial charge in [0, 0.05) is 21.6 Å². The molecule has 2 N–H and O–H groups in total. The van der Waals surface area contributed by atoms with Crippen LogP contribution in [0.4, 0.5) is 0 Å². The molecule has 0 spiro atoms. The molecule has 2 unspecified atom stereocenters. The second-order valence-corrected chi connectivity index (χ2v) is 7.26. The van der Waals surface area contributed by atoms with Crippen molar-refractivity contribution in [3.8, 4) is 0 Å². The van der Waals surface area contributed by atoms with E-state index >= 15 is 0 Å². The van der Waals surface area contributed by atoms with Crippen LogP contribution in [0.1, 0.15) is 44.7 Å². The van der Waals surface area contributed by atoms with E-state index in [4.69, 9.17) is 17.3 Å². The number of benzene rings is 1. The van der Waals surface area contributed by atoms with E-state index in [-0.39, 0.29) is 0 Å². The van der Waals surface area contributed by atoms with Crippen LogP contribution in [0.15, 0.2) is 22.7 Å². The third-order valence-corrected chi connectivity index (χ3v) is 5.13. The van der Waals surface area contributed by atoms with Crippen LogP contribution in [0.25, 0.3) is 0 Å². The Hall–Kier alpha value is -0.0900. The van der Waals surface area contributed by atoms with Gasteiger partial charge in [-0.1, -0.05) is 34.0 Å². The first-order valence-corrected chi connectivity index (χ1v) is 8.62. The maximum atomic E-state index is 6.49. The van der Waals surface area contributed by atoms with Crippen LogP contribution in [-0.2, 0) is 0 Å². The van der Waals surface area contributed by atoms with Gasteiger partial charge in [0.2, 0.25) is 0 Å². The van der Waals surface area contributed by atoms with E-state index in [0.29, 0.717) is 18.0 Å². The molecule has 1 aliphatic heterocycles. The molecule has 2 nitrogen and oxygen atoms in total. The van der Waals surface area contributed by atoms with Crippen molar-refractivity contribution >= 4 is 27.5 Å². The second-order valence-electron chi connectivity index (χ2n) is 5.93. The summed E-state index contributed by atoms with van der Waals surface area (Å²) in [5.74, 6) is 0.478. The van der Waals surface area contributed by atoms with Crippen LogP contribution >= 0.6 is 27.5 Å². The molecule has 1 aromatic carbocycles. The molecule has 20 heavy (non-hydrogen) atoms. The fraction of sp³-hybridized carbons (Fsp3) is 0.625. The smallest absolute Gasteiger partial charge is 0.0454 e. The van der Waals surface area contributed by atoms with E-state index in [2.05, 4.69) is 40.7 Å². The molecule has 2 rings (SSSR count). The Bertz CT molecular complexity index is 450. The van der Waals surface area contributed by atoms with Gasteiger partial charge in [-0.05, 0) is 69.5 Å². The van der Waals surface area contributed by atoms with Crippen LogP contribution in [0.2, 0.25) is 5.02 Å². The van der Waals surface area contributed by atoms with E-state index in [0.717, 1.165) is 22.6 Å². The van der Waals surface area contributed by atoms with Gasteiger partial charge in [-0.3, -0.25) is 4.90 Å². The van der Waals surface area contributed by atoms with Crippen LogP contribution in [0.5, 0.6) is 0 Å². The van der Waals surface area contributed by atoms with Crippen LogP contribution < -0.4 is 5.73 Å². The number of halogens is 2. The first-order chi connectivity index (χ1) is 9.54. The molecular weight excluding hydrogens is 336 g/mol. The number of nitrogens with two attached hydrogens (primary N) is 1. The minimum absolute atomic E-state index is 0.326. The maximum absolute atomic E-state index is 6.49. The van der Waals surface area contributed by atoms with E-state index in [1.54, 1.807) is 0 Å². The Balaban J connectivity index is 2.45. The SMILES string of the molecule is CC(C)N1CCCCC(CN)C1c1cc(Br)ccc1Cl. The molecule has 0 aliphatic carbocycles. The third-order valence-electron chi connectivity index (χ3n) is 4.29. The molecule has 1 saturated heterocycles. The Morgan fingerprint density at radius 3 is 2.80 bits per heavy atom. The highest BCUT2D eigenvalue weighted by atomic mass is 79.9. The zero-order valence-corrected chi connectivity index (χ0v) is 14.6. The zero-order valence-electron chi connectivity index (χ0n) is 12.3. The van der Waals surface area contributed by atoms with Crippen molar-refractivity contribution in [1.29, 1.82) is 0 Å². The molecular formula is C16H24BrClN2. The summed E-state index contributed by atoms with van der Waals surface area (Å²) in [6.07, 6.45) is 3.69. The molecule has 1 fully saturated rings. The summed E-state index contributed by atoms with van der Waals surface area (Å²) >= 11 is 10.1. The molecule has 4 heteroatoms. The molecule has 0 amide bonds. The quantitative estimate of drug-likeness (QED) is 0.853. The fourth-order valence-corrected chi connectivity index (χ4v) is 3.88. The molecule has 0 aromatic heterocycles. The van der Waals surface area contributed by atoms with E-state index < -0.39 is 0 Å². The van der Waals surface area contributed by atoms with Crippen LogP contribution in [-0.4, -0.2) is 24.0 Å². The largest absolute Gasteiger partial charge is 0.330 e. The first-order valence-electron chi connectivity index (χ1n) is 7.45. The summed E-state index contributed by atoms with van der Waals surface area (Å²) in [4.78, 5) is 2.57. The lowest BCUT2D eigenvalue weighted by atomic mass is 9.88. The van der Waals surface area contributed by atoms with E-state index in [9.17, 15) is 0 Å². The molecule has 2 atom stereocenters. The Kier molecular flexibility index (Phi) is 5.91. The lowest BCUT2D eigenvalue weighted by Gasteiger charge is -2.38. The van der Waals surface area contributed by atoms with Crippen molar-refractivity contribution in [1.82, 2.24) is 4.90 Å². The van der Waals surface area contributed by atoms with Crippen molar-refractivity contribution in [2.45, 2.75) is 45.2 Å². The van der Waals surface area contributed by atoms with Crippen molar-refractivity contribution in [3.63, 3.8) is 0 Å². The number of hydrogen-bond acceptors (Lipinski definition) is 2. The zero-order chi connectivity index (χ0) is 14.7. The van der Waals surface area contributed by atoms with Crippen molar-refractivity contribution in [3.05, 3.63) is 33.3 Å². The number of rotatable bonds is 3. The fourth-order valence-electron chi connectivity index (χ4n) is 3.27. The van der Waals surface area contributed by atoms with Gasteiger partial charge in [0.15, 0.2) is 0 Å². The Labute approximate surface area is 135 Å². The number of nitrogens with zero attached hydrogens (tertiary/aromatic N) is 1. The summed E-state index contributed by atoms with van der Waals surface area (Å²) < 4.78 is 1.08. The highest BCUT2D eigenvalue weighted by Gasteiger charge is 2.33. The molecule has 0 bridgehead atoms. The van der Waals surface area contributed by atoms with Crippen molar-refractivity contribution < 1.29 is 0 Å². The predicted octanol–water partition coefficient (Wildman–Crippen LogP) is 4.61. The van der Waals surface area contributed by atoms with Gasteiger partial charge >= 0.3 is 0 Å². The minimum Gasteiger partial charge on any atom is -0.330 e. The summed E-state index contributed by atoms with van der Waals surface area (Å²) in [7, 11) is 0. The normalized spacial score (nSPS) is 24.9. The van der Waals surface area contributed by atoms with Gasteiger partial charge in [-0.2, -0.15) is 0 Å². The molecule has 0 saturated carbocycles. The standard InChI is InChI=1S/C16H24BrClN2/c1-11(2)20-8-4-3-5-12(10-19)16(20)14-9-13(17)6-7-15(14)18/h6-7,9,11-12,16H,3-5,8,10,19H2,1-2H3. The predicted molar refractivity (Wildman–Crippen MR) is 90.1 cm³/mol. The van der Waals surface area contributed by atoms with Crippen molar-refractivity contribution in [2.75, 3.05) is 13.1 Å². The van der Waals surface area contributed by atoms with Gasteiger partial charge in [0.1, 0.15) is 0 Å². The lowest BCUT2D eigenvalue weighted by Crippen LogP contribution is -2.40. The maximum Gasteiger partial charge on any atom is 0.0454 e. The summed E-state index contributed by atoms with van der Waals surface area (Å²) in [5.41, 5.74) is 7.28. The summed E-state index contributed by atoms with van der Waals surface area (Å²) in [6, 6.07) is 6.98. The van der Waals surface area contributed by atoms with Crippen LogP contribution in [0.3, 0.4) is 0 Å². The summed E-state index contributed by atoms with van der Waals surface area (Å²) in [6.45, 7) is 6.37. The third kappa shape index (κ3) is 3.56. The topological polar surface area (TPSA) is 29.3 Å². The Morgan fingerprint density at radius 2 is 2.15 bits per heavy atom. The van der Waals surface area contributed by atoms with Gasteiger partial charge in [0.25, 0.3) is 0 Å². The van der Waals surface area contributed by atoms with E-state index in [1.165, 1.54) is 24.8 Å². The average Bonchev–Trinajstić information content (AvgIpc) is 2.63. The monoisotopic (exact) mass is 358 g/mol. The molecule has 1 aliphatic rings. The Morgan fingerprint density at radius 1 is 1.40 bits per heavy atom. The van der Waals surface area contributed by atoms with Gasteiger partial charge in [-0.15, -0.1) is 0 Å². The molecule has 0 radical (unpaired) electrons. The van der Waals surface area contributed by atoms with Crippen LogP contribution in [0, 0.1) is 5.92 Å². The molecule has 112 valence electrons. The van der Waals surface area contributed by atoms with Gasteiger partial charge in [-0.25, -0.2) is 0 Å². The summed E-state index contributed by atoms with van der Waals surface area (Å²) in [5, 5.41) is 0.851. The number of likely N-dealkylation sites (tertiary alicyclic amines) is 1. The van der Waals surface area contributed by atoms with Gasteiger partial charge in [0.05, 0.1) is 0 Å². The molecule has 1 heterocycles. The number of hydrogen-bond donors (Lipinski definition) is 1. The minimum atomic E-state index is 0.326. The second kappa shape index (κ2) is 7.26. The van der Waals surface area contributed by atoms with E-state index in [1.807, 2.05) is 12.1 Å². The highest BCUT2D eigenvalue weighted by molar-refractivity contribution is 9.10. The molecule has 1 aromatic rings.